The Bertz CT molecular complexity index is 325. The van der Waals surface area contributed by atoms with Gasteiger partial charge in [-0.15, -0.1) is 0 Å². The van der Waals surface area contributed by atoms with Crippen molar-refractivity contribution in [3.05, 3.63) is 29.8 Å². The summed E-state index contributed by atoms with van der Waals surface area (Å²) in [4.78, 5) is 0. The van der Waals surface area contributed by atoms with E-state index < -0.39 is 0 Å². The molecule has 0 heterocycles. The molecule has 1 aromatic rings. The second-order valence-corrected chi connectivity index (χ2v) is 5.56. The molecule has 0 bridgehead atoms. The topological polar surface area (TPSA) is 20.2 Å². The number of aromatic hydroxyl groups is 1. The van der Waals surface area contributed by atoms with E-state index in [1.807, 2.05) is 18.2 Å². The molecule has 110 valence electrons. The lowest BCUT2D eigenvalue weighted by atomic mass is 10.0. The number of phenolic OH excluding ortho intramolecular Hbond substituents is 1. The average Bonchev–Trinajstić information content (AvgIpc) is 2.43. The largest absolute Gasteiger partial charge is 0.508 e. The van der Waals surface area contributed by atoms with E-state index in [0.29, 0.717) is 5.75 Å². The van der Waals surface area contributed by atoms with Gasteiger partial charge in [0.05, 0.1) is 0 Å². The molecule has 0 amide bonds. The summed E-state index contributed by atoms with van der Waals surface area (Å²) in [5.74, 6) is 0.457. The minimum atomic E-state index is 0. The van der Waals surface area contributed by atoms with E-state index in [1.54, 1.807) is 6.07 Å². The first kappa shape index (κ1) is 19.8. The van der Waals surface area contributed by atoms with Gasteiger partial charge in [0.15, 0.2) is 0 Å². The molecule has 0 fully saturated rings. The zero-order valence-corrected chi connectivity index (χ0v) is 14.7. The van der Waals surface area contributed by atoms with Gasteiger partial charge >= 0.3 is 0 Å². The Hall–Kier alpha value is -0.214. The van der Waals surface area contributed by atoms with Gasteiger partial charge in [0.1, 0.15) is 5.75 Å². The fourth-order valence-electron chi connectivity index (χ4n) is 2.53. The lowest BCUT2D eigenvalue weighted by Crippen LogP contribution is -1.87. The number of para-hydroxylation sites is 1. The van der Waals surface area contributed by atoms with Crippen LogP contribution in [0.25, 0.3) is 0 Å². The normalized spacial score (nSPS) is 10.2. The van der Waals surface area contributed by atoms with Crippen molar-refractivity contribution >= 4 is 23.1 Å². The van der Waals surface area contributed by atoms with E-state index in [2.05, 4.69) is 6.92 Å². The van der Waals surface area contributed by atoms with Gasteiger partial charge in [0, 0.05) is 23.1 Å². The van der Waals surface area contributed by atoms with Crippen LogP contribution in [-0.2, 0) is 6.42 Å². The highest BCUT2D eigenvalue weighted by Gasteiger charge is 1.99. The highest BCUT2D eigenvalue weighted by atomic mass is 24.3. The Balaban J connectivity index is 0.00000361. The van der Waals surface area contributed by atoms with Crippen LogP contribution < -0.4 is 0 Å². The molecular formula is C18H30MgO. The van der Waals surface area contributed by atoms with Gasteiger partial charge in [-0.25, -0.2) is 0 Å². The summed E-state index contributed by atoms with van der Waals surface area (Å²) in [6, 6.07) is 7.71. The number of hydrogen-bond donors (Lipinski definition) is 1. The fourth-order valence-corrected chi connectivity index (χ4v) is 2.53. The quantitative estimate of drug-likeness (QED) is 0.422. The molecule has 0 spiro atoms. The Labute approximate surface area is 141 Å². The molecule has 2 radical (unpaired) electrons. The van der Waals surface area contributed by atoms with Crippen molar-refractivity contribution in [3.63, 3.8) is 0 Å². The minimum Gasteiger partial charge on any atom is -0.508 e. The van der Waals surface area contributed by atoms with Gasteiger partial charge in [0.2, 0.25) is 0 Å². The Morgan fingerprint density at radius 1 is 0.750 bits per heavy atom. The van der Waals surface area contributed by atoms with Crippen molar-refractivity contribution in [2.45, 2.75) is 77.6 Å². The van der Waals surface area contributed by atoms with Gasteiger partial charge in [0.25, 0.3) is 0 Å². The Kier molecular flexibility index (Phi) is 13.6. The predicted molar refractivity (Wildman–Crippen MR) is 89.4 cm³/mol. The molecule has 0 aliphatic carbocycles. The van der Waals surface area contributed by atoms with E-state index in [4.69, 9.17) is 0 Å². The number of rotatable bonds is 11. The molecule has 0 aromatic heterocycles. The van der Waals surface area contributed by atoms with Crippen LogP contribution in [0.4, 0.5) is 0 Å². The van der Waals surface area contributed by atoms with Gasteiger partial charge in [-0.3, -0.25) is 0 Å². The van der Waals surface area contributed by atoms with Crippen LogP contribution in [0.15, 0.2) is 24.3 Å². The predicted octanol–water partition coefficient (Wildman–Crippen LogP) is 5.47. The standard InChI is InChI=1S/C18H30O.Mg/c1-2-3-4-5-6-7-8-9-10-11-14-17-15-12-13-16-18(17)19;/h12-13,15-16,19H,2-11,14H2,1H3;. The highest BCUT2D eigenvalue weighted by Crippen LogP contribution is 2.19. The van der Waals surface area contributed by atoms with Crippen molar-refractivity contribution < 1.29 is 5.11 Å². The van der Waals surface area contributed by atoms with Crippen molar-refractivity contribution in [2.24, 2.45) is 0 Å². The molecule has 0 aliphatic rings. The fraction of sp³-hybridized carbons (Fsp3) is 0.667. The molecule has 1 N–H and O–H groups in total. The van der Waals surface area contributed by atoms with Crippen molar-refractivity contribution in [1.29, 1.82) is 0 Å². The van der Waals surface area contributed by atoms with Gasteiger partial charge in [-0.1, -0.05) is 82.9 Å². The molecule has 20 heavy (non-hydrogen) atoms. The molecule has 0 atom stereocenters. The van der Waals surface area contributed by atoms with Crippen molar-refractivity contribution in [2.75, 3.05) is 0 Å². The first-order chi connectivity index (χ1) is 9.34. The number of hydrogen-bond acceptors (Lipinski definition) is 1. The smallest absolute Gasteiger partial charge is 0.118 e. The van der Waals surface area contributed by atoms with Gasteiger partial charge in [-0.2, -0.15) is 0 Å². The van der Waals surface area contributed by atoms with Gasteiger partial charge in [-0.05, 0) is 24.5 Å². The third-order valence-corrected chi connectivity index (χ3v) is 3.79. The first-order valence-corrected chi connectivity index (χ1v) is 8.11. The summed E-state index contributed by atoms with van der Waals surface area (Å²) in [7, 11) is 0. The monoisotopic (exact) mass is 286 g/mol. The summed E-state index contributed by atoms with van der Waals surface area (Å²) in [6.07, 6.45) is 14.6. The van der Waals surface area contributed by atoms with Crippen LogP contribution in [0.5, 0.6) is 5.75 Å². The Morgan fingerprint density at radius 2 is 1.25 bits per heavy atom. The second kappa shape index (κ2) is 13.8. The first-order valence-electron chi connectivity index (χ1n) is 8.11. The number of unbranched alkanes of at least 4 members (excludes halogenated alkanes) is 9. The zero-order chi connectivity index (χ0) is 13.8. The maximum absolute atomic E-state index is 9.65. The molecule has 0 aliphatic heterocycles. The van der Waals surface area contributed by atoms with Crippen LogP contribution >= 0.6 is 0 Å². The van der Waals surface area contributed by atoms with Gasteiger partial charge < -0.3 is 5.11 Å². The van der Waals surface area contributed by atoms with E-state index in [9.17, 15) is 5.11 Å². The highest BCUT2D eigenvalue weighted by molar-refractivity contribution is 5.75. The second-order valence-electron chi connectivity index (χ2n) is 5.56. The van der Waals surface area contributed by atoms with Crippen molar-refractivity contribution in [3.8, 4) is 5.75 Å². The number of phenols is 1. The summed E-state index contributed by atoms with van der Waals surface area (Å²) in [5, 5.41) is 9.65. The summed E-state index contributed by atoms with van der Waals surface area (Å²) in [6.45, 7) is 2.27. The minimum absolute atomic E-state index is 0. The molecule has 2 heteroatoms. The number of benzene rings is 1. The zero-order valence-electron chi connectivity index (χ0n) is 13.2. The molecular weight excluding hydrogens is 257 g/mol. The van der Waals surface area contributed by atoms with E-state index in [1.165, 1.54) is 64.2 Å². The summed E-state index contributed by atoms with van der Waals surface area (Å²) in [5.41, 5.74) is 1.10. The van der Waals surface area contributed by atoms with E-state index in [0.717, 1.165) is 12.0 Å². The molecule has 1 nitrogen and oxygen atoms in total. The van der Waals surface area contributed by atoms with Crippen LogP contribution in [0.1, 0.15) is 76.7 Å². The maximum atomic E-state index is 9.65. The third kappa shape index (κ3) is 9.65. The van der Waals surface area contributed by atoms with Crippen LogP contribution in [0.2, 0.25) is 0 Å². The van der Waals surface area contributed by atoms with Crippen LogP contribution in [-0.4, -0.2) is 28.2 Å². The molecule has 0 saturated heterocycles. The average molecular weight is 287 g/mol. The maximum Gasteiger partial charge on any atom is 0.118 e. The summed E-state index contributed by atoms with van der Waals surface area (Å²) >= 11 is 0. The Morgan fingerprint density at radius 3 is 1.80 bits per heavy atom. The van der Waals surface area contributed by atoms with Crippen molar-refractivity contribution in [1.82, 2.24) is 0 Å². The summed E-state index contributed by atoms with van der Waals surface area (Å²) < 4.78 is 0. The number of aryl methyl sites for hydroxylation is 1. The third-order valence-electron chi connectivity index (χ3n) is 3.79. The SMILES string of the molecule is CCCCCCCCCCCCc1ccccc1O.[Mg]. The van der Waals surface area contributed by atoms with E-state index >= 15 is 0 Å². The lowest BCUT2D eigenvalue weighted by Gasteiger charge is -2.04. The molecule has 0 unspecified atom stereocenters. The van der Waals surface area contributed by atoms with E-state index in [-0.39, 0.29) is 23.1 Å². The molecule has 1 rings (SSSR count). The van der Waals surface area contributed by atoms with Crippen LogP contribution in [0.3, 0.4) is 0 Å². The molecule has 0 saturated carbocycles. The molecule has 1 aromatic carbocycles. The lowest BCUT2D eigenvalue weighted by molar-refractivity contribution is 0.466. The van der Waals surface area contributed by atoms with Crippen LogP contribution in [0, 0.1) is 0 Å².